The third-order valence-electron chi connectivity index (χ3n) is 2.49. The molecule has 0 saturated heterocycles. The van der Waals surface area contributed by atoms with Crippen molar-refractivity contribution in [3.63, 3.8) is 0 Å². The van der Waals surface area contributed by atoms with Crippen molar-refractivity contribution in [1.29, 1.82) is 0 Å². The van der Waals surface area contributed by atoms with Crippen LogP contribution in [0.2, 0.25) is 0 Å². The van der Waals surface area contributed by atoms with Gasteiger partial charge in [-0.25, -0.2) is 4.98 Å². The van der Waals surface area contributed by atoms with Gasteiger partial charge in [-0.2, -0.15) is 0 Å². The van der Waals surface area contributed by atoms with E-state index in [4.69, 9.17) is 5.73 Å². The molecular weight excluding hydrogens is 234 g/mol. The van der Waals surface area contributed by atoms with Crippen LogP contribution < -0.4 is 11.1 Å². The number of carbonyl (C=O) groups excluding carboxylic acids is 1. The lowest BCUT2D eigenvalue weighted by Crippen LogP contribution is -2.41. The van der Waals surface area contributed by atoms with Crippen LogP contribution in [0.15, 0.2) is 0 Å². The largest absolute Gasteiger partial charge is 0.347 e. The van der Waals surface area contributed by atoms with Gasteiger partial charge in [0, 0.05) is 12.6 Å². The molecule has 1 unspecified atom stereocenters. The van der Waals surface area contributed by atoms with Crippen LogP contribution in [-0.4, -0.2) is 23.5 Å². The van der Waals surface area contributed by atoms with E-state index in [0.717, 1.165) is 17.1 Å². The molecule has 5 heteroatoms. The zero-order chi connectivity index (χ0) is 13.0. The lowest BCUT2D eigenvalue weighted by molar-refractivity contribution is 0.0937. The van der Waals surface area contributed by atoms with Crippen molar-refractivity contribution in [1.82, 2.24) is 10.3 Å². The Labute approximate surface area is 107 Å². The normalized spacial score (nSPS) is 12.8. The van der Waals surface area contributed by atoms with E-state index in [-0.39, 0.29) is 11.9 Å². The molecule has 0 aromatic carbocycles. The summed E-state index contributed by atoms with van der Waals surface area (Å²) in [6.07, 6.45) is 0.902. The third-order valence-corrected chi connectivity index (χ3v) is 3.56. The average molecular weight is 255 g/mol. The summed E-state index contributed by atoms with van der Waals surface area (Å²) in [5.41, 5.74) is 6.46. The molecule has 0 radical (unpaired) electrons. The number of nitrogens with zero attached hydrogens (tertiary/aromatic N) is 1. The zero-order valence-corrected chi connectivity index (χ0v) is 11.7. The Hall–Kier alpha value is -0.940. The van der Waals surface area contributed by atoms with Gasteiger partial charge in [-0.15, -0.1) is 11.3 Å². The van der Waals surface area contributed by atoms with Crippen molar-refractivity contribution in [2.45, 2.75) is 40.2 Å². The number of nitrogens with two attached hydrogens (primary N) is 1. The predicted octanol–water partition coefficient (Wildman–Crippen LogP) is 1.86. The topological polar surface area (TPSA) is 68.0 Å². The van der Waals surface area contributed by atoms with Gasteiger partial charge < -0.3 is 11.1 Å². The van der Waals surface area contributed by atoms with Gasteiger partial charge in [0.05, 0.1) is 10.7 Å². The summed E-state index contributed by atoms with van der Waals surface area (Å²) >= 11 is 1.43. The quantitative estimate of drug-likeness (QED) is 0.844. The second kappa shape index (κ2) is 6.12. The summed E-state index contributed by atoms with van der Waals surface area (Å²) in [4.78, 5) is 17.0. The fraction of sp³-hybridized carbons (Fsp3) is 0.667. The van der Waals surface area contributed by atoms with Crippen molar-refractivity contribution < 1.29 is 4.79 Å². The van der Waals surface area contributed by atoms with Crippen LogP contribution in [0.3, 0.4) is 0 Å². The Morgan fingerprint density at radius 1 is 1.47 bits per heavy atom. The summed E-state index contributed by atoms with van der Waals surface area (Å²) in [5.74, 6) is 0.470. The molecule has 3 N–H and O–H groups in total. The standard InChI is InChI=1S/C12H21N3OS/c1-7(2)5-10(6-13)15-12(16)11-8(3)14-9(4)17-11/h7,10H,5-6,13H2,1-4H3,(H,15,16). The van der Waals surface area contributed by atoms with Crippen molar-refractivity contribution >= 4 is 17.2 Å². The summed E-state index contributed by atoms with van der Waals surface area (Å²) in [6.45, 7) is 8.48. The molecule has 1 amide bonds. The molecule has 0 spiro atoms. The van der Waals surface area contributed by atoms with Gasteiger partial charge in [0.1, 0.15) is 4.88 Å². The minimum Gasteiger partial charge on any atom is -0.347 e. The molecule has 1 heterocycles. The first-order chi connectivity index (χ1) is 7.93. The SMILES string of the molecule is Cc1nc(C)c(C(=O)NC(CN)CC(C)C)s1. The third kappa shape index (κ3) is 4.09. The number of hydrogen-bond donors (Lipinski definition) is 2. The van der Waals surface area contributed by atoms with Gasteiger partial charge in [0.2, 0.25) is 0 Å². The molecule has 0 saturated carbocycles. The lowest BCUT2D eigenvalue weighted by Gasteiger charge is -2.18. The monoisotopic (exact) mass is 255 g/mol. The number of amides is 1. The highest BCUT2D eigenvalue weighted by molar-refractivity contribution is 7.13. The number of aryl methyl sites for hydroxylation is 2. The summed E-state index contributed by atoms with van der Waals surface area (Å²) < 4.78 is 0. The van der Waals surface area contributed by atoms with Gasteiger partial charge in [0.15, 0.2) is 0 Å². The van der Waals surface area contributed by atoms with E-state index in [0.29, 0.717) is 17.3 Å². The molecule has 17 heavy (non-hydrogen) atoms. The maximum atomic E-state index is 12.0. The molecule has 1 atom stereocenters. The van der Waals surface area contributed by atoms with Crippen LogP contribution in [-0.2, 0) is 0 Å². The lowest BCUT2D eigenvalue weighted by atomic mass is 10.0. The molecule has 0 bridgehead atoms. The van der Waals surface area contributed by atoms with Crippen LogP contribution in [0.1, 0.15) is 40.6 Å². The van der Waals surface area contributed by atoms with Gasteiger partial charge >= 0.3 is 0 Å². The minimum atomic E-state index is -0.0517. The van der Waals surface area contributed by atoms with Gasteiger partial charge in [0.25, 0.3) is 5.91 Å². The van der Waals surface area contributed by atoms with Crippen molar-refractivity contribution in [2.75, 3.05) is 6.54 Å². The molecule has 0 aliphatic rings. The Balaban J connectivity index is 2.67. The van der Waals surface area contributed by atoms with Gasteiger partial charge in [-0.05, 0) is 26.2 Å². The van der Waals surface area contributed by atoms with E-state index in [2.05, 4.69) is 24.1 Å². The molecule has 1 aromatic rings. The van der Waals surface area contributed by atoms with Crippen LogP contribution >= 0.6 is 11.3 Å². The number of carbonyl (C=O) groups is 1. The molecule has 4 nitrogen and oxygen atoms in total. The number of hydrogen-bond acceptors (Lipinski definition) is 4. The number of rotatable bonds is 5. The number of thiazole rings is 1. The highest BCUT2D eigenvalue weighted by Gasteiger charge is 2.17. The van der Waals surface area contributed by atoms with E-state index in [1.807, 2.05) is 13.8 Å². The fourth-order valence-corrected chi connectivity index (χ4v) is 2.60. The molecular formula is C12H21N3OS. The zero-order valence-electron chi connectivity index (χ0n) is 10.9. The summed E-state index contributed by atoms with van der Waals surface area (Å²) in [6, 6.07) is 0.0457. The van der Waals surface area contributed by atoms with Crippen LogP contribution in [0, 0.1) is 19.8 Å². The summed E-state index contributed by atoms with van der Waals surface area (Å²) in [7, 11) is 0. The smallest absolute Gasteiger partial charge is 0.263 e. The van der Waals surface area contributed by atoms with E-state index in [1.165, 1.54) is 11.3 Å². The molecule has 0 aliphatic carbocycles. The molecule has 1 aromatic heterocycles. The maximum absolute atomic E-state index is 12.0. The second-order valence-electron chi connectivity index (χ2n) is 4.68. The van der Waals surface area contributed by atoms with E-state index >= 15 is 0 Å². The second-order valence-corrected chi connectivity index (χ2v) is 5.89. The first kappa shape index (κ1) is 14.1. The van der Waals surface area contributed by atoms with Crippen molar-refractivity contribution in [2.24, 2.45) is 11.7 Å². The van der Waals surface area contributed by atoms with Gasteiger partial charge in [-0.1, -0.05) is 13.8 Å². The molecule has 1 rings (SSSR count). The highest BCUT2D eigenvalue weighted by atomic mass is 32.1. The Morgan fingerprint density at radius 3 is 2.53 bits per heavy atom. The van der Waals surface area contributed by atoms with Crippen LogP contribution in [0.5, 0.6) is 0 Å². The first-order valence-corrected chi connectivity index (χ1v) is 6.70. The van der Waals surface area contributed by atoms with E-state index < -0.39 is 0 Å². The molecule has 96 valence electrons. The first-order valence-electron chi connectivity index (χ1n) is 5.89. The minimum absolute atomic E-state index is 0.0457. The van der Waals surface area contributed by atoms with Crippen LogP contribution in [0.25, 0.3) is 0 Å². The van der Waals surface area contributed by atoms with Gasteiger partial charge in [-0.3, -0.25) is 4.79 Å². The number of aromatic nitrogens is 1. The van der Waals surface area contributed by atoms with Crippen LogP contribution in [0.4, 0.5) is 0 Å². The van der Waals surface area contributed by atoms with Crippen molar-refractivity contribution in [3.8, 4) is 0 Å². The van der Waals surface area contributed by atoms with E-state index in [1.54, 1.807) is 0 Å². The Morgan fingerprint density at radius 2 is 2.12 bits per heavy atom. The number of nitrogens with one attached hydrogen (secondary N) is 1. The van der Waals surface area contributed by atoms with Crippen molar-refractivity contribution in [3.05, 3.63) is 15.6 Å². The fourth-order valence-electron chi connectivity index (χ4n) is 1.78. The Bertz CT molecular complexity index is 387. The Kier molecular flexibility index (Phi) is 5.08. The summed E-state index contributed by atoms with van der Waals surface area (Å²) in [5, 5.41) is 3.89. The van der Waals surface area contributed by atoms with E-state index in [9.17, 15) is 4.79 Å². The predicted molar refractivity (Wildman–Crippen MR) is 71.4 cm³/mol. The molecule has 0 fully saturated rings. The average Bonchev–Trinajstić information content (AvgIpc) is 2.56. The maximum Gasteiger partial charge on any atom is 0.263 e. The highest BCUT2D eigenvalue weighted by Crippen LogP contribution is 2.17. The molecule has 0 aliphatic heterocycles.